The summed E-state index contributed by atoms with van der Waals surface area (Å²) >= 11 is 0. The van der Waals surface area contributed by atoms with Crippen molar-refractivity contribution in [3.63, 3.8) is 0 Å². The van der Waals surface area contributed by atoms with E-state index in [1.807, 2.05) is 0 Å². The molecule has 0 amide bonds. The molecule has 0 aliphatic rings. The van der Waals surface area contributed by atoms with Gasteiger partial charge in [-0.2, -0.15) is 8.42 Å². The molecule has 10 heteroatoms. The van der Waals surface area contributed by atoms with Crippen LogP contribution in [0, 0.1) is 0 Å². The molecule has 0 saturated heterocycles. The van der Waals surface area contributed by atoms with E-state index in [2.05, 4.69) is 4.43 Å². The zero-order chi connectivity index (χ0) is 10.4. The van der Waals surface area contributed by atoms with Gasteiger partial charge in [-0.1, -0.05) is 0 Å². The molecule has 0 rings (SSSR count). The summed E-state index contributed by atoms with van der Waals surface area (Å²) in [6.07, 6.45) is 0. The van der Waals surface area contributed by atoms with Crippen molar-refractivity contribution in [1.29, 1.82) is 0 Å². The van der Waals surface area contributed by atoms with E-state index in [9.17, 15) is 0 Å². The first-order valence-electron chi connectivity index (χ1n) is 2.57. The zero-order valence-corrected chi connectivity index (χ0v) is 7.89. The maximum atomic E-state index is 8.74. The van der Waals surface area contributed by atoms with Crippen LogP contribution in [0.5, 0.6) is 0 Å². The molecule has 0 fully saturated rings. The van der Waals surface area contributed by atoms with Crippen LogP contribution >= 0.6 is 0 Å². The van der Waals surface area contributed by atoms with Crippen LogP contribution in [-0.4, -0.2) is 47.6 Å². The van der Waals surface area contributed by atoms with Crippen molar-refractivity contribution in [2.24, 2.45) is 0 Å². The highest BCUT2D eigenvalue weighted by Crippen LogP contribution is 1.85. The van der Waals surface area contributed by atoms with Crippen molar-refractivity contribution in [2.45, 2.75) is 6.92 Å². The fraction of sp³-hybridized carbons (Fsp3) is 1.00. The minimum Gasteiger partial charge on any atom is -0.368 e. The molecule has 76 valence electrons. The molecule has 0 aliphatic carbocycles. The Hall–Kier alpha value is -0.0731. The molecular weight excluding hydrogens is 212 g/mol. The Morgan fingerprint density at radius 3 is 1.50 bits per heavy atom. The lowest BCUT2D eigenvalue weighted by atomic mass is 10.9. The number of hydrogen-bond donors (Lipinski definition) is 5. The second kappa shape index (κ2) is 5.55. The average Bonchev–Trinajstić information content (AvgIpc) is 1.54. The fourth-order valence-corrected chi connectivity index (χ4v) is 0.581. The largest absolute Gasteiger partial charge is 0.671 e. The molecular formula is C2H10O8SSi. The Balaban J connectivity index is 0. The Bertz CT molecular complexity index is 182. The summed E-state index contributed by atoms with van der Waals surface area (Å²) in [4.78, 5) is 24.1. The molecule has 0 aromatic rings. The van der Waals surface area contributed by atoms with Gasteiger partial charge in [-0.15, -0.1) is 0 Å². The lowest BCUT2D eigenvalue weighted by molar-refractivity contribution is 0.0687. The molecule has 0 saturated carbocycles. The Labute approximate surface area is 70.1 Å². The van der Waals surface area contributed by atoms with Gasteiger partial charge in [0.15, 0.2) is 0 Å². The van der Waals surface area contributed by atoms with Crippen molar-refractivity contribution in [3.8, 4) is 0 Å². The maximum absolute atomic E-state index is 8.74. The van der Waals surface area contributed by atoms with Crippen LogP contribution < -0.4 is 0 Å². The number of hydrogen-bond acceptors (Lipinski definition) is 6. The predicted octanol–water partition coefficient (Wildman–Crippen LogP) is -2.22. The Morgan fingerprint density at radius 1 is 1.25 bits per heavy atom. The second-order valence-corrected chi connectivity index (χ2v) is 3.79. The van der Waals surface area contributed by atoms with Crippen LogP contribution in [0.2, 0.25) is 0 Å². The third-order valence-electron chi connectivity index (χ3n) is 0.338. The number of rotatable bonds is 2. The summed E-state index contributed by atoms with van der Waals surface area (Å²) in [6, 6.07) is 0. The Morgan fingerprint density at radius 2 is 1.50 bits per heavy atom. The molecule has 8 nitrogen and oxygen atoms in total. The van der Waals surface area contributed by atoms with E-state index in [-0.39, 0.29) is 6.61 Å². The van der Waals surface area contributed by atoms with E-state index in [0.29, 0.717) is 0 Å². The van der Waals surface area contributed by atoms with Crippen LogP contribution in [0.3, 0.4) is 0 Å². The molecule has 0 unspecified atom stereocenters. The molecule has 0 radical (unpaired) electrons. The maximum Gasteiger partial charge on any atom is 0.671 e. The molecule has 0 aliphatic heterocycles. The van der Waals surface area contributed by atoms with Gasteiger partial charge in [0.05, 0.1) is 0 Å². The summed E-state index contributed by atoms with van der Waals surface area (Å²) < 4.78 is 35.6. The van der Waals surface area contributed by atoms with Crippen LogP contribution in [0.1, 0.15) is 6.92 Å². The van der Waals surface area contributed by atoms with Crippen molar-refractivity contribution >= 4 is 19.4 Å². The molecule has 0 heterocycles. The van der Waals surface area contributed by atoms with Crippen molar-refractivity contribution in [3.05, 3.63) is 0 Å². The van der Waals surface area contributed by atoms with Gasteiger partial charge in [0.2, 0.25) is 0 Å². The summed E-state index contributed by atoms with van der Waals surface area (Å²) in [5.74, 6) is 0. The normalized spacial score (nSPS) is 11.8. The van der Waals surface area contributed by atoms with Gasteiger partial charge in [0.1, 0.15) is 0 Å². The van der Waals surface area contributed by atoms with Crippen LogP contribution in [0.4, 0.5) is 0 Å². The first-order chi connectivity index (χ1) is 5.06. The van der Waals surface area contributed by atoms with Gasteiger partial charge in [-0.05, 0) is 6.92 Å². The summed E-state index contributed by atoms with van der Waals surface area (Å²) in [6.45, 7) is 1.68. The highest BCUT2D eigenvalue weighted by molar-refractivity contribution is 7.79. The third kappa shape index (κ3) is 51.3. The minimum absolute atomic E-state index is 0.121. The third-order valence-corrected chi connectivity index (χ3v) is 1.01. The fourth-order valence-electron chi connectivity index (χ4n) is 0.194. The van der Waals surface area contributed by atoms with Gasteiger partial charge in [-0.25, -0.2) is 0 Å². The smallest absolute Gasteiger partial charge is 0.368 e. The van der Waals surface area contributed by atoms with Gasteiger partial charge in [-0.3, -0.25) is 9.11 Å². The van der Waals surface area contributed by atoms with E-state index in [4.69, 9.17) is 31.9 Å². The first kappa shape index (κ1) is 14.5. The predicted molar refractivity (Wildman–Crippen MR) is 38.2 cm³/mol. The molecule has 0 aromatic heterocycles. The average molecular weight is 222 g/mol. The standard InChI is InChI=1S/C2H8O4Si.H2O4S/c1-2-6-7(3,4)5;1-5(2,3)4/h3-5H,2H2,1H3;(H2,1,2,3,4). The lowest BCUT2D eigenvalue weighted by Gasteiger charge is -2.05. The summed E-state index contributed by atoms with van der Waals surface area (Å²) in [5.41, 5.74) is 0. The van der Waals surface area contributed by atoms with Crippen molar-refractivity contribution in [1.82, 2.24) is 0 Å². The van der Waals surface area contributed by atoms with Crippen LogP contribution in [-0.2, 0) is 14.8 Å². The van der Waals surface area contributed by atoms with Crippen molar-refractivity contribution < 1.29 is 36.3 Å². The highest BCUT2D eigenvalue weighted by Gasteiger charge is 2.28. The van der Waals surface area contributed by atoms with E-state index < -0.39 is 19.4 Å². The lowest BCUT2D eigenvalue weighted by Crippen LogP contribution is -2.38. The molecule has 12 heavy (non-hydrogen) atoms. The highest BCUT2D eigenvalue weighted by atomic mass is 32.3. The van der Waals surface area contributed by atoms with Gasteiger partial charge < -0.3 is 18.8 Å². The van der Waals surface area contributed by atoms with Gasteiger partial charge in [0, 0.05) is 6.61 Å². The van der Waals surface area contributed by atoms with Crippen molar-refractivity contribution in [2.75, 3.05) is 6.61 Å². The SMILES string of the molecule is CCO[Si](O)(O)O.O=S(=O)(O)O. The molecule has 0 aromatic carbocycles. The minimum atomic E-state index is -4.67. The Kier molecular flexibility index (Phi) is 6.69. The molecule has 5 N–H and O–H groups in total. The summed E-state index contributed by atoms with van der Waals surface area (Å²) in [7, 11) is -8.82. The van der Waals surface area contributed by atoms with Gasteiger partial charge in [0.25, 0.3) is 0 Å². The summed E-state index contributed by atoms with van der Waals surface area (Å²) in [5, 5.41) is 0. The monoisotopic (exact) mass is 222 g/mol. The molecule has 0 spiro atoms. The van der Waals surface area contributed by atoms with E-state index in [0.717, 1.165) is 0 Å². The van der Waals surface area contributed by atoms with Gasteiger partial charge >= 0.3 is 19.4 Å². The van der Waals surface area contributed by atoms with E-state index >= 15 is 0 Å². The quantitative estimate of drug-likeness (QED) is 0.261. The zero-order valence-electron chi connectivity index (χ0n) is 6.08. The van der Waals surface area contributed by atoms with Crippen LogP contribution in [0.15, 0.2) is 0 Å². The first-order valence-corrected chi connectivity index (χ1v) is 5.72. The second-order valence-electron chi connectivity index (χ2n) is 1.45. The topological polar surface area (TPSA) is 145 Å². The molecule has 0 bridgehead atoms. The van der Waals surface area contributed by atoms with E-state index in [1.165, 1.54) is 0 Å². The molecule has 0 atom stereocenters. The van der Waals surface area contributed by atoms with E-state index in [1.54, 1.807) is 6.92 Å². The van der Waals surface area contributed by atoms with Crippen LogP contribution in [0.25, 0.3) is 0 Å².